The number of carbonyl (C=O) groups excluding carboxylic acids is 3. The first kappa shape index (κ1) is 30.9. The number of esters is 2. The van der Waals surface area contributed by atoms with Crippen LogP contribution in [0.5, 0.6) is 17.2 Å². The number of benzene rings is 1. The highest BCUT2D eigenvalue weighted by Crippen LogP contribution is 2.32. The summed E-state index contributed by atoms with van der Waals surface area (Å²) in [5.74, 6) is -1.15. The molecule has 218 valence electrons. The topological polar surface area (TPSA) is 119 Å². The zero-order valence-electron chi connectivity index (χ0n) is 23.6. The maximum absolute atomic E-state index is 13.4. The zero-order valence-corrected chi connectivity index (χ0v) is 23.6. The maximum atomic E-state index is 13.4. The highest BCUT2D eigenvalue weighted by atomic mass is 16.7. The van der Waals surface area contributed by atoms with Crippen molar-refractivity contribution in [2.75, 3.05) is 20.5 Å². The second-order valence-corrected chi connectivity index (χ2v) is 9.64. The smallest absolute Gasteiger partial charge is 0.309 e. The molecule has 0 N–H and O–H groups in total. The molecule has 40 heavy (non-hydrogen) atoms. The summed E-state index contributed by atoms with van der Waals surface area (Å²) < 4.78 is 34.0. The van der Waals surface area contributed by atoms with E-state index in [2.05, 4.69) is 4.98 Å². The van der Waals surface area contributed by atoms with Gasteiger partial charge in [0.1, 0.15) is 11.9 Å². The lowest BCUT2D eigenvalue weighted by atomic mass is 9.92. The third-order valence-corrected chi connectivity index (χ3v) is 6.56. The molecule has 1 fully saturated rings. The SMILES string of the molecule is CCCO[C@H]1CCCC[C@H](CC(=O)c2nccc(OC)c2OCOC(C)=O)C(=O)O[C@@H](C)[C@@H]1Oc1ccccc1. The number of carbonyl (C=O) groups is 3. The summed E-state index contributed by atoms with van der Waals surface area (Å²) in [6.45, 7) is 5.24. The van der Waals surface area contributed by atoms with Crippen molar-refractivity contribution in [3.8, 4) is 17.2 Å². The van der Waals surface area contributed by atoms with Gasteiger partial charge in [-0.1, -0.05) is 38.0 Å². The van der Waals surface area contributed by atoms with Gasteiger partial charge in [0.05, 0.1) is 19.1 Å². The van der Waals surface area contributed by atoms with Crippen LogP contribution in [0.15, 0.2) is 42.6 Å². The fourth-order valence-corrected chi connectivity index (χ4v) is 4.55. The first-order chi connectivity index (χ1) is 19.3. The fraction of sp³-hybridized carbons (Fsp3) is 0.533. The predicted octanol–water partition coefficient (Wildman–Crippen LogP) is 4.93. The number of rotatable bonds is 12. The predicted molar refractivity (Wildman–Crippen MR) is 145 cm³/mol. The number of cyclic esters (lactones) is 1. The average molecular weight is 558 g/mol. The quantitative estimate of drug-likeness (QED) is 0.202. The van der Waals surface area contributed by atoms with Crippen molar-refractivity contribution in [1.82, 2.24) is 4.98 Å². The van der Waals surface area contributed by atoms with Crippen LogP contribution in [-0.4, -0.2) is 61.5 Å². The highest BCUT2D eigenvalue weighted by molar-refractivity contribution is 5.99. The minimum absolute atomic E-state index is 0.0113. The Labute approximate surface area is 235 Å². The van der Waals surface area contributed by atoms with Gasteiger partial charge in [-0.2, -0.15) is 0 Å². The molecule has 0 aliphatic carbocycles. The van der Waals surface area contributed by atoms with Crippen LogP contribution in [-0.2, 0) is 23.8 Å². The Morgan fingerprint density at radius 2 is 1.85 bits per heavy atom. The molecule has 0 spiro atoms. The van der Waals surface area contributed by atoms with Gasteiger partial charge >= 0.3 is 11.9 Å². The van der Waals surface area contributed by atoms with Crippen LogP contribution in [0.3, 0.4) is 0 Å². The molecule has 2 aromatic rings. The summed E-state index contributed by atoms with van der Waals surface area (Å²) in [4.78, 5) is 42.1. The number of ether oxygens (including phenoxy) is 6. The molecule has 0 saturated carbocycles. The van der Waals surface area contributed by atoms with E-state index in [-0.39, 0.29) is 29.7 Å². The van der Waals surface area contributed by atoms with E-state index >= 15 is 0 Å². The molecule has 4 atom stereocenters. The second kappa shape index (κ2) is 15.8. The van der Waals surface area contributed by atoms with Crippen LogP contribution < -0.4 is 14.2 Å². The van der Waals surface area contributed by atoms with Crippen molar-refractivity contribution in [3.05, 3.63) is 48.3 Å². The molecule has 1 saturated heterocycles. The average Bonchev–Trinajstić information content (AvgIpc) is 2.94. The number of hydrogen-bond acceptors (Lipinski definition) is 10. The summed E-state index contributed by atoms with van der Waals surface area (Å²) in [6.07, 6.45) is 3.44. The first-order valence-corrected chi connectivity index (χ1v) is 13.7. The largest absolute Gasteiger partial charge is 0.493 e. The molecule has 3 rings (SSSR count). The summed E-state index contributed by atoms with van der Waals surface area (Å²) in [7, 11) is 1.42. The Morgan fingerprint density at radius 3 is 2.55 bits per heavy atom. The number of nitrogens with zero attached hydrogens (tertiary/aromatic N) is 1. The molecule has 0 bridgehead atoms. The van der Waals surface area contributed by atoms with Gasteiger partial charge in [-0.25, -0.2) is 4.98 Å². The second-order valence-electron chi connectivity index (χ2n) is 9.64. The molecule has 10 nitrogen and oxygen atoms in total. The van der Waals surface area contributed by atoms with Gasteiger partial charge in [-0.05, 0) is 38.3 Å². The Kier molecular flexibility index (Phi) is 12.2. The van der Waals surface area contributed by atoms with Crippen LogP contribution >= 0.6 is 0 Å². The Bertz CT molecular complexity index is 1110. The number of hydrogen-bond donors (Lipinski definition) is 0. The minimum atomic E-state index is -0.685. The van der Waals surface area contributed by atoms with Crippen molar-refractivity contribution >= 4 is 17.7 Å². The van der Waals surface area contributed by atoms with Gasteiger partial charge in [0.2, 0.25) is 6.79 Å². The normalized spacial score (nSPS) is 21.6. The molecule has 1 aliphatic heterocycles. The van der Waals surface area contributed by atoms with E-state index in [0.717, 1.165) is 19.3 Å². The van der Waals surface area contributed by atoms with Gasteiger partial charge in [0, 0.05) is 32.2 Å². The van der Waals surface area contributed by atoms with Crippen LogP contribution in [0.4, 0.5) is 0 Å². The zero-order chi connectivity index (χ0) is 28.9. The van der Waals surface area contributed by atoms with Crippen LogP contribution in [0.1, 0.15) is 69.8 Å². The molecule has 1 aromatic heterocycles. The molecule has 1 aromatic carbocycles. The Hall–Kier alpha value is -3.66. The van der Waals surface area contributed by atoms with Gasteiger partial charge in [0.15, 0.2) is 29.1 Å². The van der Waals surface area contributed by atoms with Crippen molar-refractivity contribution in [2.24, 2.45) is 5.92 Å². The molecule has 0 radical (unpaired) electrons. The summed E-state index contributed by atoms with van der Waals surface area (Å²) in [6, 6.07) is 10.9. The number of ketones is 1. The summed E-state index contributed by atoms with van der Waals surface area (Å²) in [5.41, 5.74) is -0.0113. The molecule has 10 heteroatoms. The van der Waals surface area contributed by atoms with Crippen molar-refractivity contribution in [2.45, 2.75) is 77.6 Å². The van der Waals surface area contributed by atoms with E-state index in [1.807, 2.05) is 37.3 Å². The minimum Gasteiger partial charge on any atom is -0.493 e. The molecular formula is C30H39NO9. The third kappa shape index (κ3) is 8.94. The van der Waals surface area contributed by atoms with E-state index in [1.165, 1.54) is 26.3 Å². The van der Waals surface area contributed by atoms with Crippen LogP contribution in [0.25, 0.3) is 0 Å². The molecule has 0 unspecified atom stereocenters. The number of aromatic nitrogens is 1. The van der Waals surface area contributed by atoms with E-state index in [0.29, 0.717) is 25.2 Å². The van der Waals surface area contributed by atoms with Crippen molar-refractivity contribution in [3.63, 3.8) is 0 Å². The number of para-hydroxylation sites is 1. The first-order valence-electron chi connectivity index (χ1n) is 13.7. The third-order valence-electron chi connectivity index (χ3n) is 6.56. The Morgan fingerprint density at radius 1 is 1.10 bits per heavy atom. The van der Waals surface area contributed by atoms with E-state index in [4.69, 9.17) is 28.4 Å². The van der Waals surface area contributed by atoms with Crippen LogP contribution in [0.2, 0.25) is 0 Å². The Balaban J connectivity index is 1.78. The number of methoxy groups -OCH3 is 1. The maximum Gasteiger partial charge on any atom is 0.309 e. The van der Waals surface area contributed by atoms with Crippen molar-refractivity contribution < 1.29 is 42.8 Å². The van der Waals surface area contributed by atoms with Gasteiger partial charge < -0.3 is 28.4 Å². The van der Waals surface area contributed by atoms with Gasteiger partial charge in [-0.15, -0.1) is 0 Å². The highest BCUT2D eigenvalue weighted by Gasteiger charge is 2.36. The molecule has 2 heterocycles. The van der Waals surface area contributed by atoms with E-state index in [9.17, 15) is 14.4 Å². The van der Waals surface area contributed by atoms with E-state index in [1.54, 1.807) is 6.92 Å². The fourth-order valence-electron chi connectivity index (χ4n) is 4.55. The lowest BCUT2D eigenvalue weighted by Gasteiger charge is -2.33. The van der Waals surface area contributed by atoms with Crippen molar-refractivity contribution in [1.29, 1.82) is 0 Å². The van der Waals surface area contributed by atoms with E-state index < -0.39 is 42.6 Å². The van der Waals surface area contributed by atoms with Gasteiger partial charge in [0.25, 0.3) is 0 Å². The summed E-state index contributed by atoms with van der Waals surface area (Å²) >= 11 is 0. The molecule has 0 amide bonds. The summed E-state index contributed by atoms with van der Waals surface area (Å²) in [5, 5.41) is 0. The lowest BCUT2D eigenvalue weighted by Crippen LogP contribution is -2.45. The lowest BCUT2D eigenvalue weighted by molar-refractivity contribution is -0.164. The molecule has 1 aliphatic rings. The van der Waals surface area contributed by atoms with Gasteiger partial charge in [-0.3, -0.25) is 14.4 Å². The number of Topliss-reactive ketones (excluding diaryl/α,β-unsaturated/α-hetero) is 1. The standard InChI is InChI=1S/C30H39NO9/c1-5-17-36-26-14-10-9-11-22(30(34)39-20(2)28(26)40-23-12-7-6-8-13-23)18-24(33)27-29(38-19-37-21(3)32)25(35-4)15-16-31-27/h6-8,12-13,15-16,20,22,26,28H,5,9-11,14,17-19H2,1-4H3/t20-,22+,26-,28-/m0/s1. The van der Waals surface area contributed by atoms with Crippen LogP contribution in [0, 0.1) is 5.92 Å². The monoisotopic (exact) mass is 557 g/mol. The number of pyridine rings is 1. The molecular weight excluding hydrogens is 518 g/mol.